The van der Waals surface area contributed by atoms with Crippen LogP contribution in [-0.2, 0) is 13.1 Å². The molecule has 13 heteroatoms. The largest absolute Gasteiger partial charge is 0.331 e. The maximum atomic E-state index is 13.9. The summed E-state index contributed by atoms with van der Waals surface area (Å²) in [6.45, 7) is 0.904. The van der Waals surface area contributed by atoms with Crippen LogP contribution < -0.4 is 5.32 Å². The molecule has 0 spiro atoms. The van der Waals surface area contributed by atoms with Crippen LogP contribution in [0.1, 0.15) is 26.4 Å². The minimum atomic E-state index is -0.781. The number of carbonyl (C=O) groups excluding carboxylic acids is 2. The summed E-state index contributed by atoms with van der Waals surface area (Å²) in [6, 6.07) is 17.3. The average Bonchev–Trinajstić information content (AvgIpc) is 3.61. The molecule has 218 valence electrons. The van der Waals surface area contributed by atoms with E-state index in [0.29, 0.717) is 46.9 Å². The summed E-state index contributed by atoms with van der Waals surface area (Å²) in [5.41, 5.74) is 3.75. The van der Waals surface area contributed by atoms with Crippen molar-refractivity contribution in [3.8, 4) is 22.5 Å². The molecule has 0 unspecified atom stereocenters. The molecule has 0 bridgehead atoms. The van der Waals surface area contributed by atoms with Crippen LogP contribution >= 0.6 is 0 Å². The van der Waals surface area contributed by atoms with E-state index in [1.807, 2.05) is 0 Å². The average molecular weight is 595 g/mol. The maximum absolute atomic E-state index is 13.9. The first-order valence-electron chi connectivity index (χ1n) is 13.5. The Morgan fingerprint density at radius 1 is 0.841 bits per heavy atom. The van der Waals surface area contributed by atoms with Crippen molar-refractivity contribution in [1.29, 1.82) is 0 Å². The van der Waals surface area contributed by atoms with Gasteiger partial charge in [0.2, 0.25) is 5.95 Å². The van der Waals surface area contributed by atoms with Crippen molar-refractivity contribution < 1.29 is 22.8 Å². The number of nitrogens with zero attached hydrogens (tertiary/aromatic N) is 7. The third kappa shape index (κ3) is 5.04. The van der Waals surface area contributed by atoms with Gasteiger partial charge in [-0.3, -0.25) is 14.3 Å². The Morgan fingerprint density at radius 2 is 1.68 bits per heavy atom. The number of nitrogens with one attached hydrogen (secondary N) is 1. The van der Waals surface area contributed by atoms with E-state index in [2.05, 4.69) is 15.3 Å². The van der Waals surface area contributed by atoms with Gasteiger partial charge in [-0.2, -0.15) is 14.6 Å². The fraction of sp³-hybridized carbons (Fsp3) is 0.0968. The molecular formula is C31H21F3N8O2. The molecule has 6 aromatic rings. The van der Waals surface area contributed by atoms with E-state index in [-0.39, 0.29) is 29.4 Å². The van der Waals surface area contributed by atoms with Crippen molar-refractivity contribution in [3.05, 3.63) is 120 Å². The number of rotatable bonds is 5. The second-order valence-electron chi connectivity index (χ2n) is 10.1. The van der Waals surface area contributed by atoms with Gasteiger partial charge in [-0.25, -0.2) is 23.3 Å². The molecule has 0 radical (unpaired) electrons. The lowest BCUT2D eigenvalue weighted by Gasteiger charge is -2.28. The third-order valence-electron chi connectivity index (χ3n) is 7.26. The lowest BCUT2D eigenvalue weighted by Crippen LogP contribution is -2.38. The molecule has 2 amide bonds. The minimum absolute atomic E-state index is 0.0796. The molecule has 0 saturated heterocycles. The molecule has 1 aliphatic rings. The van der Waals surface area contributed by atoms with Gasteiger partial charge in [-0.1, -0.05) is 6.07 Å². The highest BCUT2D eigenvalue weighted by Crippen LogP contribution is 2.36. The van der Waals surface area contributed by atoms with E-state index in [4.69, 9.17) is 10.2 Å². The number of benzene rings is 2. The summed E-state index contributed by atoms with van der Waals surface area (Å²) in [7, 11) is 0. The zero-order valence-electron chi connectivity index (χ0n) is 22.8. The summed E-state index contributed by atoms with van der Waals surface area (Å²) in [5, 5.41) is 12.2. The number of fused-ring (bicyclic) bond motifs is 2. The SMILES string of the molecule is O=C(Nc1cn2nc(-c3c(-c4ccc(F)cc4)nn4c3CN(C(=O)c3cccc(F)c3)CC4)ccc2n1)c1ccnc(F)c1. The Morgan fingerprint density at radius 3 is 2.48 bits per heavy atom. The standard InChI is InChI=1S/C31H21F3N8O2/c32-21-6-4-18(5-7-21)29-28(24-16-40(12-13-41(24)39-29)31(44)20-2-1-3-22(33)14-20)23-8-9-27-36-26(17-42(27)38-23)37-30(43)19-10-11-35-25(34)15-19/h1-11,14-15,17H,12-13,16H2,(H,37,43). The van der Waals surface area contributed by atoms with Gasteiger partial charge in [0.05, 0.1) is 36.2 Å². The zero-order valence-corrected chi connectivity index (χ0v) is 22.8. The van der Waals surface area contributed by atoms with Crippen molar-refractivity contribution in [3.63, 3.8) is 0 Å². The minimum Gasteiger partial charge on any atom is -0.331 e. The quantitative estimate of drug-likeness (QED) is 0.282. The number of amides is 2. The maximum Gasteiger partial charge on any atom is 0.257 e. The van der Waals surface area contributed by atoms with Gasteiger partial charge in [0.15, 0.2) is 11.5 Å². The summed E-state index contributed by atoms with van der Waals surface area (Å²) < 4.78 is 44.5. The number of anilines is 1. The lowest BCUT2D eigenvalue weighted by molar-refractivity contribution is 0.0706. The van der Waals surface area contributed by atoms with E-state index >= 15 is 0 Å². The molecule has 2 aromatic carbocycles. The summed E-state index contributed by atoms with van der Waals surface area (Å²) in [5.74, 6) is -2.37. The molecule has 10 nitrogen and oxygen atoms in total. The van der Waals surface area contributed by atoms with Gasteiger partial charge in [0.25, 0.3) is 11.8 Å². The number of hydrogen-bond acceptors (Lipinski definition) is 6. The molecule has 4 aromatic heterocycles. The second-order valence-corrected chi connectivity index (χ2v) is 10.1. The lowest BCUT2D eigenvalue weighted by atomic mass is 10.0. The number of pyridine rings is 1. The van der Waals surface area contributed by atoms with Crippen LogP contribution in [0, 0.1) is 17.6 Å². The Hall–Kier alpha value is -5.85. The Labute approximate surface area is 247 Å². The van der Waals surface area contributed by atoms with Crippen molar-refractivity contribution >= 4 is 23.3 Å². The van der Waals surface area contributed by atoms with Crippen molar-refractivity contribution in [2.24, 2.45) is 0 Å². The topological polar surface area (TPSA) is 110 Å². The molecule has 1 aliphatic heterocycles. The number of aromatic nitrogens is 6. The fourth-order valence-electron chi connectivity index (χ4n) is 5.18. The van der Waals surface area contributed by atoms with E-state index in [9.17, 15) is 22.8 Å². The molecular weight excluding hydrogens is 573 g/mol. The van der Waals surface area contributed by atoms with Gasteiger partial charge in [0.1, 0.15) is 17.3 Å². The number of imidazole rings is 1. The number of hydrogen-bond donors (Lipinski definition) is 1. The van der Waals surface area contributed by atoms with Crippen molar-refractivity contribution in [1.82, 2.24) is 34.3 Å². The highest BCUT2D eigenvalue weighted by molar-refractivity contribution is 6.03. The smallest absolute Gasteiger partial charge is 0.257 e. The predicted octanol–water partition coefficient (Wildman–Crippen LogP) is 4.98. The van der Waals surface area contributed by atoms with Gasteiger partial charge in [-0.05, 0) is 60.7 Å². The first-order chi connectivity index (χ1) is 21.3. The summed E-state index contributed by atoms with van der Waals surface area (Å²) in [6.07, 6.45) is 2.71. The van der Waals surface area contributed by atoms with Crippen LogP contribution in [0.5, 0.6) is 0 Å². The highest BCUT2D eigenvalue weighted by atomic mass is 19.1. The van der Waals surface area contributed by atoms with Crippen LogP contribution in [0.4, 0.5) is 19.0 Å². The van der Waals surface area contributed by atoms with Crippen molar-refractivity contribution in [2.45, 2.75) is 13.1 Å². The van der Waals surface area contributed by atoms with E-state index in [1.165, 1.54) is 53.3 Å². The van der Waals surface area contributed by atoms with E-state index < -0.39 is 23.5 Å². The Balaban J connectivity index is 1.27. The molecule has 0 aliphatic carbocycles. The van der Waals surface area contributed by atoms with Gasteiger partial charge >= 0.3 is 0 Å². The highest BCUT2D eigenvalue weighted by Gasteiger charge is 2.29. The first-order valence-corrected chi connectivity index (χ1v) is 13.5. The van der Waals surface area contributed by atoms with Crippen LogP contribution in [0.3, 0.4) is 0 Å². The van der Waals surface area contributed by atoms with Gasteiger partial charge in [-0.15, -0.1) is 0 Å². The predicted molar refractivity (Wildman–Crippen MR) is 153 cm³/mol. The molecule has 5 heterocycles. The molecule has 0 atom stereocenters. The first kappa shape index (κ1) is 27.0. The second kappa shape index (κ2) is 10.8. The zero-order chi connectivity index (χ0) is 30.4. The van der Waals surface area contributed by atoms with Crippen molar-refractivity contribution in [2.75, 3.05) is 11.9 Å². The van der Waals surface area contributed by atoms with Gasteiger partial charge in [0, 0.05) is 35.5 Å². The Bertz CT molecular complexity index is 2070. The number of carbonyl (C=O) groups is 2. The van der Waals surface area contributed by atoms with E-state index in [0.717, 1.165) is 6.07 Å². The van der Waals surface area contributed by atoms with Crippen LogP contribution in [0.2, 0.25) is 0 Å². The molecule has 1 N–H and O–H groups in total. The molecule has 7 rings (SSSR count). The van der Waals surface area contributed by atoms with Crippen LogP contribution in [0.25, 0.3) is 28.2 Å². The van der Waals surface area contributed by atoms with Gasteiger partial charge < -0.3 is 10.2 Å². The van der Waals surface area contributed by atoms with Crippen LogP contribution in [0.15, 0.2) is 85.2 Å². The third-order valence-corrected chi connectivity index (χ3v) is 7.26. The summed E-state index contributed by atoms with van der Waals surface area (Å²) in [4.78, 5) is 35.4. The molecule has 0 fully saturated rings. The number of halogens is 3. The van der Waals surface area contributed by atoms with Crippen LogP contribution in [-0.4, -0.2) is 52.6 Å². The Kier molecular flexibility index (Phi) is 6.61. The molecule has 44 heavy (non-hydrogen) atoms. The molecule has 0 saturated carbocycles. The summed E-state index contributed by atoms with van der Waals surface area (Å²) >= 11 is 0. The fourth-order valence-corrected chi connectivity index (χ4v) is 5.18. The monoisotopic (exact) mass is 594 g/mol. The van der Waals surface area contributed by atoms with E-state index in [1.54, 1.807) is 39.9 Å². The normalized spacial score (nSPS) is 12.8.